The van der Waals surface area contributed by atoms with Gasteiger partial charge in [0, 0.05) is 19.5 Å². The summed E-state index contributed by atoms with van der Waals surface area (Å²) in [6.07, 6.45) is 0. The van der Waals surface area contributed by atoms with Crippen LogP contribution in [0.15, 0.2) is 35.9 Å². The molecule has 0 saturated carbocycles. The molecule has 1 aromatic rings. The van der Waals surface area contributed by atoms with Crippen LogP contribution in [0.25, 0.3) is 0 Å². The SMILES string of the molecule is CCS(=O)(=O)N(C)C1=C(OC(C)=O)C(=O)C(C)(c2cccc(F)c2)O1. The molecular formula is C16H18FNO6S. The van der Waals surface area contributed by atoms with E-state index in [1.807, 2.05) is 0 Å². The zero-order valence-electron chi connectivity index (χ0n) is 14.2. The van der Waals surface area contributed by atoms with Crippen molar-refractivity contribution in [2.45, 2.75) is 26.4 Å². The fourth-order valence-corrected chi connectivity index (χ4v) is 3.10. The first kappa shape index (κ1) is 18.9. The van der Waals surface area contributed by atoms with Crippen molar-refractivity contribution in [2.24, 2.45) is 0 Å². The predicted molar refractivity (Wildman–Crippen MR) is 85.9 cm³/mol. The first-order valence-corrected chi connectivity index (χ1v) is 9.03. The molecule has 0 bridgehead atoms. The van der Waals surface area contributed by atoms with E-state index in [1.54, 1.807) is 0 Å². The number of ketones is 1. The summed E-state index contributed by atoms with van der Waals surface area (Å²) < 4.78 is 49.1. The lowest BCUT2D eigenvalue weighted by Gasteiger charge is -2.26. The molecule has 1 unspecified atom stereocenters. The Morgan fingerprint density at radius 1 is 1.40 bits per heavy atom. The molecule has 0 aromatic heterocycles. The van der Waals surface area contributed by atoms with E-state index in [0.717, 1.165) is 17.3 Å². The van der Waals surface area contributed by atoms with E-state index in [-0.39, 0.29) is 11.3 Å². The summed E-state index contributed by atoms with van der Waals surface area (Å²) in [4.78, 5) is 24.1. The second-order valence-electron chi connectivity index (χ2n) is 5.57. The average molecular weight is 371 g/mol. The van der Waals surface area contributed by atoms with Gasteiger partial charge in [-0.15, -0.1) is 0 Å². The molecule has 1 heterocycles. The summed E-state index contributed by atoms with van der Waals surface area (Å²) in [7, 11) is -2.60. The highest BCUT2D eigenvalue weighted by atomic mass is 32.2. The van der Waals surface area contributed by atoms with Crippen molar-refractivity contribution in [1.82, 2.24) is 4.31 Å². The molecule has 0 fully saturated rings. The van der Waals surface area contributed by atoms with Crippen LogP contribution < -0.4 is 0 Å². The topological polar surface area (TPSA) is 90.0 Å². The molecule has 1 atom stereocenters. The van der Waals surface area contributed by atoms with Crippen LogP contribution in [0.1, 0.15) is 26.3 Å². The summed E-state index contributed by atoms with van der Waals surface area (Å²) in [6, 6.07) is 5.15. The Kier molecular flexibility index (Phi) is 4.90. The third-order valence-electron chi connectivity index (χ3n) is 3.82. The minimum Gasteiger partial charge on any atom is -0.456 e. The molecule has 2 rings (SSSR count). The van der Waals surface area contributed by atoms with E-state index in [2.05, 4.69) is 0 Å². The van der Waals surface area contributed by atoms with Crippen LogP contribution in [0.2, 0.25) is 0 Å². The van der Waals surface area contributed by atoms with E-state index in [4.69, 9.17) is 9.47 Å². The lowest BCUT2D eigenvalue weighted by atomic mass is 9.91. The molecule has 0 saturated heterocycles. The summed E-state index contributed by atoms with van der Waals surface area (Å²) in [5.74, 6) is -3.37. The van der Waals surface area contributed by atoms with Gasteiger partial charge in [-0.3, -0.25) is 9.59 Å². The lowest BCUT2D eigenvalue weighted by molar-refractivity contribution is -0.142. The van der Waals surface area contributed by atoms with Crippen LogP contribution in [-0.2, 0) is 34.7 Å². The highest BCUT2D eigenvalue weighted by Crippen LogP contribution is 2.40. The van der Waals surface area contributed by atoms with Crippen molar-refractivity contribution in [1.29, 1.82) is 0 Å². The Morgan fingerprint density at radius 2 is 2.04 bits per heavy atom. The number of benzene rings is 1. The largest absolute Gasteiger partial charge is 0.456 e. The number of sulfonamides is 1. The van der Waals surface area contributed by atoms with Crippen molar-refractivity contribution in [3.8, 4) is 0 Å². The fraction of sp³-hybridized carbons (Fsp3) is 0.375. The summed E-state index contributed by atoms with van der Waals surface area (Å²) in [5.41, 5.74) is -1.56. The number of esters is 1. The number of halogens is 1. The zero-order chi connectivity index (χ0) is 19.0. The van der Waals surface area contributed by atoms with Crippen molar-refractivity contribution in [3.63, 3.8) is 0 Å². The molecule has 1 aromatic carbocycles. The van der Waals surface area contributed by atoms with Gasteiger partial charge in [-0.2, -0.15) is 0 Å². The number of hydrogen-bond acceptors (Lipinski definition) is 6. The monoisotopic (exact) mass is 371 g/mol. The smallest absolute Gasteiger partial charge is 0.308 e. The maximum atomic E-state index is 13.6. The minimum absolute atomic E-state index is 0.166. The molecule has 0 amide bonds. The summed E-state index contributed by atoms with van der Waals surface area (Å²) in [5, 5.41) is 0. The van der Waals surface area contributed by atoms with Gasteiger partial charge in [0.15, 0.2) is 5.60 Å². The van der Waals surface area contributed by atoms with E-state index in [9.17, 15) is 22.4 Å². The molecular weight excluding hydrogens is 353 g/mol. The number of ether oxygens (including phenoxy) is 2. The molecule has 0 N–H and O–H groups in total. The van der Waals surface area contributed by atoms with Gasteiger partial charge in [-0.25, -0.2) is 17.1 Å². The summed E-state index contributed by atoms with van der Waals surface area (Å²) in [6.45, 7) is 3.84. The molecule has 0 aliphatic carbocycles. The highest BCUT2D eigenvalue weighted by molar-refractivity contribution is 7.89. The van der Waals surface area contributed by atoms with Crippen LogP contribution in [-0.4, -0.2) is 37.3 Å². The maximum absolute atomic E-state index is 13.6. The Balaban J connectivity index is 2.57. The van der Waals surface area contributed by atoms with E-state index < -0.39 is 44.8 Å². The maximum Gasteiger partial charge on any atom is 0.308 e. The number of carbonyl (C=O) groups is 2. The first-order valence-electron chi connectivity index (χ1n) is 7.42. The van der Waals surface area contributed by atoms with Crippen molar-refractivity contribution >= 4 is 21.8 Å². The van der Waals surface area contributed by atoms with Crippen molar-refractivity contribution in [3.05, 3.63) is 47.3 Å². The number of Topliss-reactive ketones (excluding diaryl/α,β-unsaturated/α-hetero) is 1. The van der Waals surface area contributed by atoms with Crippen LogP contribution >= 0.6 is 0 Å². The molecule has 25 heavy (non-hydrogen) atoms. The molecule has 9 heteroatoms. The van der Waals surface area contributed by atoms with E-state index in [0.29, 0.717) is 0 Å². The van der Waals surface area contributed by atoms with Crippen LogP contribution in [0, 0.1) is 5.82 Å². The van der Waals surface area contributed by atoms with E-state index in [1.165, 1.54) is 39.1 Å². The Labute approximate surface area is 145 Å². The molecule has 0 radical (unpaired) electrons. The number of carbonyl (C=O) groups excluding carboxylic acids is 2. The van der Waals surface area contributed by atoms with Gasteiger partial charge in [0.05, 0.1) is 5.75 Å². The third-order valence-corrected chi connectivity index (χ3v) is 5.55. The summed E-state index contributed by atoms with van der Waals surface area (Å²) >= 11 is 0. The Bertz CT molecular complexity index is 863. The van der Waals surface area contributed by atoms with Gasteiger partial charge in [0.25, 0.3) is 11.7 Å². The molecule has 7 nitrogen and oxygen atoms in total. The van der Waals surface area contributed by atoms with Crippen LogP contribution in [0.5, 0.6) is 0 Å². The van der Waals surface area contributed by atoms with E-state index >= 15 is 0 Å². The number of hydrogen-bond donors (Lipinski definition) is 0. The van der Waals surface area contributed by atoms with Gasteiger partial charge in [0.1, 0.15) is 5.82 Å². The first-order chi connectivity index (χ1) is 11.5. The van der Waals surface area contributed by atoms with Gasteiger partial charge in [-0.1, -0.05) is 12.1 Å². The van der Waals surface area contributed by atoms with Gasteiger partial charge in [-0.05, 0) is 26.0 Å². The minimum atomic E-state index is -3.78. The van der Waals surface area contributed by atoms with Gasteiger partial charge >= 0.3 is 5.97 Å². The average Bonchev–Trinajstić information content (AvgIpc) is 2.79. The van der Waals surface area contributed by atoms with Crippen molar-refractivity contribution in [2.75, 3.05) is 12.8 Å². The van der Waals surface area contributed by atoms with Crippen LogP contribution in [0.4, 0.5) is 4.39 Å². The van der Waals surface area contributed by atoms with Crippen LogP contribution in [0.3, 0.4) is 0 Å². The Morgan fingerprint density at radius 3 is 2.56 bits per heavy atom. The lowest BCUT2D eigenvalue weighted by Crippen LogP contribution is -2.33. The number of nitrogens with zero attached hydrogens (tertiary/aromatic N) is 1. The second-order valence-corrected chi connectivity index (χ2v) is 7.86. The molecule has 136 valence electrons. The number of rotatable bonds is 5. The normalized spacial score (nSPS) is 20.4. The fourth-order valence-electron chi connectivity index (χ4n) is 2.34. The third kappa shape index (κ3) is 3.37. The predicted octanol–water partition coefficient (Wildman–Crippen LogP) is 1.65. The van der Waals surface area contributed by atoms with Crippen molar-refractivity contribution < 1.29 is 31.9 Å². The quantitative estimate of drug-likeness (QED) is 0.731. The van der Waals surface area contributed by atoms with Gasteiger partial charge < -0.3 is 9.47 Å². The highest BCUT2D eigenvalue weighted by Gasteiger charge is 2.51. The molecule has 1 aliphatic rings. The Hall–Kier alpha value is -2.42. The molecule has 0 spiro atoms. The second kappa shape index (κ2) is 6.47. The van der Waals surface area contributed by atoms with Gasteiger partial charge in [0.2, 0.25) is 15.8 Å². The zero-order valence-corrected chi connectivity index (χ0v) is 15.0. The molecule has 1 aliphatic heterocycles. The standard InChI is InChI=1S/C16H18FNO6S/c1-5-25(21,22)18(4)15-13(23-10(2)19)14(20)16(3,24-15)11-7-6-8-12(17)9-11/h6-9H,5H2,1-4H3.